The summed E-state index contributed by atoms with van der Waals surface area (Å²) in [7, 11) is 0. The van der Waals surface area contributed by atoms with E-state index in [0.29, 0.717) is 13.1 Å². The number of hydrogen-bond donors (Lipinski definition) is 2. The predicted octanol–water partition coefficient (Wildman–Crippen LogP) is -0.481. The monoisotopic (exact) mass is 250 g/mol. The summed E-state index contributed by atoms with van der Waals surface area (Å²) in [6, 6.07) is 6.02. The van der Waals surface area contributed by atoms with Crippen LogP contribution >= 0.6 is 0 Å². The van der Waals surface area contributed by atoms with Gasteiger partial charge < -0.3 is 10.8 Å². The molecule has 1 saturated heterocycles. The molecule has 100 valence electrons. The lowest BCUT2D eigenvalue weighted by Gasteiger charge is -2.35. The number of nitrogens with zero attached hydrogens (tertiary/aromatic N) is 3. The van der Waals surface area contributed by atoms with Crippen LogP contribution in [0, 0.1) is 0 Å². The standard InChI is InChI=1S/C13H22N4O/c14-9-13(18)11-17-7-5-16(6-8-17)10-12-3-1-2-4-15-12/h1-4,13,18H,5-11,14H2. The van der Waals surface area contributed by atoms with Crippen LogP contribution in [0.1, 0.15) is 5.69 Å². The Bertz CT molecular complexity index is 338. The molecule has 5 heteroatoms. The van der Waals surface area contributed by atoms with Gasteiger partial charge in [-0.3, -0.25) is 14.8 Å². The fourth-order valence-electron chi connectivity index (χ4n) is 2.22. The van der Waals surface area contributed by atoms with E-state index in [9.17, 15) is 5.11 Å². The molecule has 0 bridgehead atoms. The van der Waals surface area contributed by atoms with Gasteiger partial charge in [-0.2, -0.15) is 0 Å². The molecule has 0 aromatic carbocycles. The summed E-state index contributed by atoms with van der Waals surface area (Å²) >= 11 is 0. The van der Waals surface area contributed by atoms with E-state index < -0.39 is 6.10 Å². The summed E-state index contributed by atoms with van der Waals surface area (Å²) in [6.45, 7) is 5.96. The summed E-state index contributed by atoms with van der Waals surface area (Å²) < 4.78 is 0. The van der Waals surface area contributed by atoms with Gasteiger partial charge in [-0.15, -0.1) is 0 Å². The van der Waals surface area contributed by atoms with Crippen LogP contribution in [0.25, 0.3) is 0 Å². The fraction of sp³-hybridized carbons (Fsp3) is 0.615. The van der Waals surface area contributed by atoms with Gasteiger partial charge in [0, 0.05) is 52.0 Å². The van der Waals surface area contributed by atoms with Gasteiger partial charge in [-0.05, 0) is 12.1 Å². The number of hydrogen-bond acceptors (Lipinski definition) is 5. The van der Waals surface area contributed by atoms with Crippen molar-refractivity contribution in [1.82, 2.24) is 14.8 Å². The molecule has 1 aromatic rings. The smallest absolute Gasteiger partial charge is 0.0789 e. The highest BCUT2D eigenvalue weighted by Crippen LogP contribution is 2.06. The van der Waals surface area contributed by atoms with E-state index in [4.69, 9.17) is 5.73 Å². The van der Waals surface area contributed by atoms with Gasteiger partial charge in [-0.25, -0.2) is 0 Å². The lowest BCUT2D eigenvalue weighted by Crippen LogP contribution is -2.49. The van der Waals surface area contributed by atoms with Gasteiger partial charge in [-0.1, -0.05) is 6.07 Å². The number of aliphatic hydroxyl groups is 1. The molecule has 1 fully saturated rings. The van der Waals surface area contributed by atoms with Crippen LogP contribution in [-0.4, -0.2) is 65.3 Å². The maximum Gasteiger partial charge on any atom is 0.0789 e. The van der Waals surface area contributed by atoms with Crippen molar-refractivity contribution in [2.75, 3.05) is 39.3 Å². The number of nitrogens with two attached hydrogens (primary N) is 1. The molecule has 2 rings (SSSR count). The molecule has 5 nitrogen and oxygen atoms in total. The molecule has 3 N–H and O–H groups in total. The first-order valence-electron chi connectivity index (χ1n) is 6.50. The van der Waals surface area contributed by atoms with Gasteiger partial charge in [0.1, 0.15) is 0 Å². The topological polar surface area (TPSA) is 65.6 Å². The van der Waals surface area contributed by atoms with Crippen molar-refractivity contribution in [1.29, 1.82) is 0 Å². The molecule has 0 aliphatic carbocycles. The minimum absolute atomic E-state index is 0.341. The van der Waals surface area contributed by atoms with Crippen molar-refractivity contribution in [2.24, 2.45) is 5.73 Å². The second kappa shape index (κ2) is 6.80. The van der Waals surface area contributed by atoms with Gasteiger partial charge in [0.15, 0.2) is 0 Å². The Labute approximate surface area is 108 Å². The van der Waals surface area contributed by atoms with Crippen molar-refractivity contribution >= 4 is 0 Å². The van der Waals surface area contributed by atoms with Gasteiger partial charge >= 0.3 is 0 Å². The number of piperazine rings is 1. The molecule has 0 spiro atoms. The number of aromatic nitrogens is 1. The highest BCUT2D eigenvalue weighted by Gasteiger charge is 2.18. The second-order valence-corrected chi connectivity index (χ2v) is 4.79. The summed E-state index contributed by atoms with van der Waals surface area (Å²) in [6.07, 6.45) is 1.44. The molecule has 0 radical (unpaired) electrons. The lowest BCUT2D eigenvalue weighted by molar-refractivity contribution is 0.0735. The second-order valence-electron chi connectivity index (χ2n) is 4.79. The molecule has 0 amide bonds. The average Bonchev–Trinajstić information content (AvgIpc) is 2.42. The highest BCUT2D eigenvalue weighted by atomic mass is 16.3. The first-order chi connectivity index (χ1) is 8.78. The van der Waals surface area contributed by atoms with E-state index in [1.165, 1.54) is 0 Å². The zero-order valence-electron chi connectivity index (χ0n) is 10.7. The number of β-amino-alcohol motifs (C(OH)–C–C–N with tert-alkyl or cyclic N) is 1. The fourth-order valence-corrected chi connectivity index (χ4v) is 2.22. The summed E-state index contributed by atoms with van der Waals surface area (Å²) in [4.78, 5) is 9.01. The van der Waals surface area contributed by atoms with E-state index >= 15 is 0 Å². The van der Waals surface area contributed by atoms with Crippen molar-refractivity contribution in [2.45, 2.75) is 12.6 Å². The van der Waals surface area contributed by atoms with Gasteiger partial charge in [0.25, 0.3) is 0 Å². The van der Waals surface area contributed by atoms with Crippen LogP contribution in [0.4, 0.5) is 0 Å². The Kier molecular flexibility index (Phi) is 5.07. The molecule has 1 atom stereocenters. The summed E-state index contributed by atoms with van der Waals surface area (Å²) in [5.41, 5.74) is 6.54. The van der Waals surface area contributed by atoms with E-state index in [-0.39, 0.29) is 0 Å². The summed E-state index contributed by atoms with van der Waals surface area (Å²) in [5.74, 6) is 0. The first kappa shape index (κ1) is 13.4. The van der Waals surface area contributed by atoms with Crippen LogP contribution in [0.5, 0.6) is 0 Å². The minimum Gasteiger partial charge on any atom is -0.390 e. The molecule has 1 aliphatic rings. The Morgan fingerprint density at radius 1 is 1.22 bits per heavy atom. The minimum atomic E-state index is -0.396. The third-order valence-electron chi connectivity index (χ3n) is 3.32. The maximum absolute atomic E-state index is 9.52. The molecular weight excluding hydrogens is 228 g/mol. The molecule has 1 aromatic heterocycles. The van der Waals surface area contributed by atoms with Crippen molar-refractivity contribution in [3.63, 3.8) is 0 Å². The van der Waals surface area contributed by atoms with Crippen molar-refractivity contribution in [3.8, 4) is 0 Å². The Balaban J connectivity index is 1.73. The van der Waals surface area contributed by atoms with Crippen molar-refractivity contribution < 1.29 is 5.11 Å². The normalized spacial score (nSPS) is 19.9. The van der Waals surface area contributed by atoms with Crippen LogP contribution in [0.15, 0.2) is 24.4 Å². The Morgan fingerprint density at radius 2 is 1.94 bits per heavy atom. The van der Waals surface area contributed by atoms with Gasteiger partial charge in [0.05, 0.1) is 11.8 Å². The summed E-state index contributed by atoms with van der Waals surface area (Å²) in [5, 5.41) is 9.52. The van der Waals surface area contributed by atoms with Crippen LogP contribution in [-0.2, 0) is 6.54 Å². The van der Waals surface area contributed by atoms with E-state index in [0.717, 1.165) is 38.4 Å². The Morgan fingerprint density at radius 3 is 2.56 bits per heavy atom. The van der Waals surface area contributed by atoms with Crippen LogP contribution in [0.2, 0.25) is 0 Å². The number of pyridine rings is 1. The third kappa shape index (κ3) is 4.03. The van der Waals surface area contributed by atoms with E-state index in [1.807, 2.05) is 18.3 Å². The Hall–Kier alpha value is -1.01. The van der Waals surface area contributed by atoms with Crippen LogP contribution < -0.4 is 5.73 Å². The quantitative estimate of drug-likeness (QED) is 0.739. The zero-order chi connectivity index (χ0) is 12.8. The molecule has 1 aliphatic heterocycles. The maximum atomic E-state index is 9.52. The third-order valence-corrected chi connectivity index (χ3v) is 3.32. The number of rotatable bonds is 5. The van der Waals surface area contributed by atoms with E-state index in [1.54, 1.807) is 0 Å². The number of aliphatic hydroxyl groups excluding tert-OH is 1. The SMILES string of the molecule is NCC(O)CN1CCN(Cc2ccccn2)CC1. The van der Waals surface area contributed by atoms with Crippen molar-refractivity contribution in [3.05, 3.63) is 30.1 Å². The zero-order valence-corrected chi connectivity index (χ0v) is 10.7. The van der Waals surface area contributed by atoms with Gasteiger partial charge in [0.2, 0.25) is 0 Å². The lowest BCUT2D eigenvalue weighted by atomic mass is 10.2. The predicted molar refractivity (Wildman–Crippen MR) is 71.0 cm³/mol. The van der Waals surface area contributed by atoms with Crippen LogP contribution in [0.3, 0.4) is 0 Å². The van der Waals surface area contributed by atoms with E-state index in [2.05, 4.69) is 20.9 Å². The highest BCUT2D eigenvalue weighted by molar-refractivity contribution is 5.03. The molecule has 18 heavy (non-hydrogen) atoms. The first-order valence-corrected chi connectivity index (χ1v) is 6.50. The molecule has 0 saturated carbocycles. The molecule has 1 unspecified atom stereocenters. The largest absolute Gasteiger partial charge is 0.390 e. The molecular formula is C13H22N4O. The average molecular weight is 250 g/mol. The molecule has 2 heterocycles.